The summed E-state index contributed by atoms with van der Waals surface area (Å²) in [5.74, 6) is 0.146. The molecule has 1 aromatic heterocycles. The fourth-order valence-electron chi connectivity index (χ4n) is 3.16. The van der Waals surface area contributed by atoms with Gasteiger partial charge >= 0.3 is 0 Å². The molecule has 4 rings (SSSR count). The van der Waals surface area contributed by atoms with E-state index in [9.17, 15) is 9.18 Å². The highest BCUT2D eigenvalue weighted by Gasteiger charge is 2.22. The standard InChI is InChI=1S/C17H18FN3O2S/c18-12-3-1-5-14-11(12)9-21(7-8-23-14)10-16(22)20-17-19-13-4-2-6-15(13)24-17/h1,3,5H,2,4,6-10H2,(H,19,20,22). The Balaban J connectivity index is 1.41. The van der Waals surface area contributed by atoms with Crippen LogP contribution in [0.3, 0.4) is 0 Å². The largest absolute Gasteiger partial charge is 0.492 e. The van der Waals surface area contributed by atoms with Gasteiger partial charge in [-0.05, 0) is 31.4 Å². The molecule has 0 unspecified atom stereocenters. The predicted octanol–water partition coefficient (Wildman–Crippen LogP) is 2.60. The number of rotatable bonds is 3. The molecule has 2 heterocycles. The molecule has 5 nitrogen and oxygen atoms in total. The van der Waals surface area contributed by atoms with Crippen LogP contribution in [0, 0.1) is 5.82 Å². The van der Waals surface area contributed by atoms with Crippen molar-refractivity contribution >= 4 is 22.4 Å². The van der Waals surface area contributed by atoms with Crippen LogP contribution in [0.15, 0.2) is 18.2 Å². The average Bonchev–Trinajstić information content (AvgIpc) is 3.04. The van der Waals surface area contributed by atoms with Gasteiger partial charge in [-0.15, -0.1) is 11.3 Å². The molecule has 0 saturated carbocycles. The van der Waals surface area contributed by atoms with E-state index >= 15 is 0 Å². The minimum atomic E-state index is -0.295. The molecule has 7 heteroatoms. The SMILES string of the molecule is O=C(CN1CCOc2cccc(F)c2C1)Nc1nc2c(s1)CCC2. The lowest BCUT2D eigenvalue weighted by Gasteiger charge is -2.18. The van der Waals surface area contributed by atoms with Gasteiger partial charge in [0.1, 0.15) is 18.2 Å². The zero-order valence-corrected chi connectivity index (χ0v) is 14.0. The summed E-state index contributed by atoms with van der Waals surface area (Å²) >= 11 is 1.56. The van der Waals surface area contributed by atoms with E-state index in [-0.39, 0.29) is 18.3 Å². The minimum absolute atomic E-state index is 0.123. The highest BCUT2D eigenvalue weighted by Crippen LogP contribution is 2.30. The van der Waals surface area contributed by atoms with Crippen LogP contribution >= 0.6 is 11.3 Å². The van der Waals surface area contributed by atoms with Gasteiger partial charge in [0.15, 0.2) is 5.13 Å². The topological polar surface area (TPSA) is 54.5 Å². The summed E-state index contributed by atoms with van der Waals surface area (Å²) in [7, 11) is 0. The van der Waals surface area contributed by atoms with Crippen LogP contribution in [0.5, 0.6) is 5.75 Å². The third-order valence-corrected chi connectivity index (χ3v) is 5.40. The maximum atomic E-state index is 14.0. The second-order valence-corrected chi connectivity index (χ2v) is 7.15. The Morgan fingerprint density at radius 2 is 2.33 bits per heavy atom. The summed E-state index contributed by atoms with van der Waals surface area (Å²) in [6, 6.07) is 4.82. The van der Waals surface area contributed by atoms with Gasteiger partial charge in [0.25, 0.3) is 0 Å². The number of thiazole rings is 1. The Bertz CT molecular complexity index is 756. The second-order valence-electron chi connectivity index (χ2n) is 6.07. The average molecular weight is 347 g/mol. The number of aromatic nitrogens is 1. The third-order valence-electron chi connectivity index (χ3n) is 4.33. The van der Waals surface area contributed by atoms with Crippen molar-refractivity contribution in [2.45, 2.75) is 25.8 Å². The smallest absolute Gasteiger partial charge is 0.240 e. The number of nitrogens with zero attached hydrogens (tertiary/aromatic N) is 2. The molecule has 1 aliphatic heterocycles. The molecule has 1 amide bonds. The highest BCUT2D eigenvalue weighted by atomic mass is 32.1. The molecule has 1 aromatic carbocycles. The number of benzene rings is 1. The van der Waals surface area contributed by atoms with Crippen molar-refractivity contribution in [1.82, 2.24) is 9.88 Å². The van der Waals surface area contributed by atoms with Gasteiger partial charge in [0.05, 0.1) is 12.2 Å². The molecule has 0 radical (unpaired) electrons. The van der Waals surface area contributed by atoms with Gasteiger partial charge in [-0.2, -0.15) is 0 Å². The molecule has 24 heavy (non-hydrogen) atoms. The number of carbonyl (C=O) groups is 1. The van der Waals surface area contributed by atoms with Gasteiger partial charge in [0, 0.05) is 23.5 Å². The van der Waals surface area contributed by atoms with E-state index < -0.39 is 0 Å². The molecule has 2 aliphatic rings. The van der Waals surface area contributed by atoms with Crippen LogP contribution < -0.4 is 10.1 Å². The van der Waals surface area contributed by atoms with Gasteiger partial charge in [-0.25, -0.2) is 9.37 Å². The zero-order chi connectivity index (χ0) is 16.5. The molecule has 2 aromatic rings. The number of ether oxygens (including phenoxy) is 1. The second kappa shape index (κ2) is 6.49. The van der Waals surface area contributed by atoms with Gasteiger partial charge in [-0.1, -0.05) is 6.07 Å². The van der Waals surface area contributed by atoms with Gasteiger partial charge in [-0.3, -0.25) is 9.69 Å². The molecule has 1 aliphatic carbocycles. The highest BCUT2D eigenvalue weighted by molar-refractivity contribution is 7.15. The fraction of sp³-hybridized carbons (Fsp3) is 0.412. The Labute approximate surface area is 143 Å². The van der Waals surface area contributed by atoms with E-state index in [1.807, 2.05) is 4.90 Å². The van der Waals surface area contributed by atoms with Crippen molar-refractivity contribution in [3.63, 3.8) is 0 Å². The molecule has 0 fully saturated rings. The van der Waals surface area contributed by atoms with Crippen molar-refractivity contribution in [3.8, 4) is 5.75 Å². The normalized spacial score (nSPS) is 16.9. The maximum absolute atomic E-state index is 14.0. The summed E-state index contributed by atoms with van der Waals surface area (Å²) in [6.07, 6.45) is 3.21. The van der Waals surface area contributed by atoms with E-state index in [4.69, 9.17) is 4.74 Å². The molecule has 0 bridgehead atoms. The van der Waals surface area contributed by atoms with E-state index in [0.717, 1.165) is 25.0 Å². The number of amides is 1. The summed E-state index contributed by atoms with van der Waals surface area (Å²) in [4.78, 5) is 19.9. The maximum Gasteiger partial charge on any atom is 0.240 e. The monoisotopic (exact) mass is 347 g/mol. The molecule has 0 atom stereocenters. The zero-order valence-electron chi connectivity index (χ0n) is 13.2. The van der Waals surface area contributed by atoms with Crippen LogP contribution in [0.4, 0.5) is 9.52 Å². The first-order chi connectivity index (χ1) is 11.7. The first kappa shape index (κ1) is 15.5. The minimum Gasteiger partial charge on any atom is -0.492 e. The van der Waals surface area contributed by atoms with Crippen LogP contribution in [0.2, 0.25) is 0 Å². The lowest BCUT2D eigenvalue weighted by Crippen LogP contribution is -2.34. The number of halogens is 1. The number of carbonyl (C=O) groups excluding carboxylic acids is 1. The van der Waals surface area contributed by atoms with Crippen molar-refractivity contribution in [2.24, 2.45) is 0 Å². The van der Waals surface area contributed by atoms with Crippen LogP contribution in [-0.4, -0.2) is 35.5 Å². The summed E-state index contributed by atoms with van der Waals surface area (Å²) in [5.41, 5.74) is 1.63. The summed E-state index contributed by atoms with van der Waals surface area (Å²) in [6.45, 7) is 1.58. The number of aryl methyl sites for hydroxylation is 2. The molecule has 0 spiro atoms. The van der Waals surface area contributed by atoms with Gasteiger partial charge in [0.2, 0.25) is 5.91 Å². The van der Waals surface area contributed by atoms with E-state index in [1.165, 1.54) is 10.9 Å². The summed E-state index contributed by atoms with van der Waals surface area (Å²) in [5, 5.41) is 3.54. The van der Waals surface area contributed by atoms with Crippen molar-refractivity contribution in [3.05, 3.63) is 40.2 Å². The lowest BCUT2D eigenvalue weighted by molar-refractivity contribution is -0.117. The molecular weight excluding hydrogens is 329 g/mol. The first-order valence-electron chi connectivity index (χ1n) is 8.10. The van der Waals surface area contributed by atoms with Crippen molar-refractivity contribution < 1.29 is 13.9 Å². The molecule has 126 valence electrons. The third kappa shape index (κ3) is 3.14. The predicted molar refractivity (Wildman–Crippen MR) is 89.9 cm³/mol. The molecule has 1 N–H and O–H groups in total. The van der Waals surface area contributed by atoms with Crippen LogP contribution in [0.1, 0.15) is 22.6 Å². The molecular formula is C17H18FN3O2S. The quantitative estimate of drug-likeness (QED) is 0.927. The van der Waals surface area contributed by atoms with E-state index in [1.54, 1.807) is 23.5 Å². The van der Waals surface area contributed by atoms with Crippen molar-refractivity contribution in [2.75, 3.05) is 25.0 Å². The Kier molecular flexibility index (Phi) is 4.20. The number of hydrogen-bond acceptors (Lipinski definition) is 5. The van der Waals surface area contributed by atoms with Crippen LogP contribution in [-0.2, 0) is 24.2 Å². The van der Waals surface area contributed by atoms with Crippen LogP contribution in [0.25, 0.3) is 0 Å². The lowest BCUT2D eigenvalue weighted by atomic mass is 10.2. The Morgan fingerprint density at radius 1 is 1.42 bits per heavy atom. The first-order valence-corrected chi connectivity index (χ1v) is 8.91. The number of nitrogens with one attached hydrogen (secondary N) is 1. The number of anilines is 1. The number of hydrogen-bond donors (Lipinski definition) is 1. The summed E-state index contributed by atoms with van der Waals surface area (Å²) < 4.78 is 19.6. The Hall–Kier alpha value is -1.99. The van der Waals surface area contributed by atoms with E-state index in [2.05, 4.69) is 10.3 Å². The molecule has 0 saturated heterocycles. The fourth-order valence-corrected chi connectivity index (χ4v) is 4.22. The van der Waals surface area contributed by atoms with E-state index in [0.29, 0.717) is 36.1 Å². The van der Waals surface area contributed by atoms with Gasteiger partial charge < -0.3 is 10.1 Å². The Morgan fingerprint density at radius 3 is 3.21 bits per heavy atom. The van der Waals surface area contributed by atoms with Crippen molar-refractivity contribution in [1.29, 1.82) is 0 Å². The number of fused-ring (bicyclic) bond motifs is 2.